The number of benzene rings is 1. The molecular formula is C16H17NO3. The molecule has 2 N–H and O–H groups in total. The molecule has 0 aliphatic heterocycles. The van der Waals surface area contributed by atoms with E-state index in [1.54, 1.807) is 6.07 Å². The lowest BCUT2D eigenvalue weighted by Gasteiger charge is -2.25. The van der Waals surface area contributed by atoms with Crippen LogP contribution in [0.2, 0.25) is 0 Å². The number of carboxylic acid groups (broad SMARTS) is 1. The Hall–Kier alpha value is -2.07. The summed E-state index contributed by atoms with van der Waals surface area (Å²) in [4.78, 5) is 10.8. The van der Waals surface area contributed by atoms with E-state index in [1.165, 1.54) is 17.4 Å². The smallest absolute Gasteiger partial charge is 0.338 e. The number of aromatic carboxylic acids is 1. The van der Waals surface area contributed by atoms with Gasteiger partial charge in [0.15, 0.2) is 0 Å². The predicted octanol–water partition coefficient (Wildman–Crippen LogP) is 2.62. The Morgan fingerprint density at radius 1 is 1.35 bits per heavy atom. The second-order valence-corrected chi connectivity index (χ2v) is 5.20. The summed E-state index contributed by atoms with van der Waals surface area (Å²) in [5.41, 5.74) is 3.05. The lowest BCUT2D eigenvalue weighted by atomic mass is 9.88. The van der Waals surface area contributed by atoms with E-state index in [2.05, 4.69) is 29.6 Å². The first-order valence-corrected chi connectivity index (χ1v) is 6.83. The van der Waals surface area contributed by atoms with E-state index in [0.717, 1.165) is 19.3 Å². The molecule has 0 amide bonds. The van der Waals surface area contributed by atoms with Crippen molar-refractivity contribution in [1.82, 2.24) is 5.32 Å². The van der Waals surface area contributed by atoms with Gasteiger partial charge in [0.25, 0.3) is 0 Å². The van der Waals surface area contributed by atoms with Crippen LogP contribution < -0.4 is 5.32 Å². The molecule has 1 aromatic heterocycles. The molecule has 4 heteroatoms. The monoisotopic (exact) mass is 271 g/mol. The number of fused-ring (bicyclic) bond motifs is 1. The van der Waals surface area contributed by atoms with Gasteiger partial charge in [0.05, 0.1) is 12.1 Å². The Bertz CT molecular complexity index is 618. The predicted molar refractivity (Wildman–Crippen MR) is 74.8 cm³/mol. The number of hydrogen-bond donors (Lipinski definition) is 2. The molecule has 1 aliphatic carbocycles. The van der Waals surface area contributed by atoms with Crippen LogP contribution in [0, 0.1) is 0 Å². The quantitative estimate of drug-likeness (QED) is 0.897. The van der Waals surface area contributed by atoms with E-state index in [9.17, 15) is 4.79 Å². The van der Waals surface area contributed by atoms with Gasteiger partial charge >= 0.3 is 5.97 Å². The van der Waals surface area contributed by atoms with Crippen molar-refractivity contribution in [3.8, 4) is 0 Å². The highest BCUT2D eigenvalue weighted by Crippen LogP contribution is 2.21. The van der Waals surface area contributed by atoms with E-state index in [0.29, 0.717) is 18.3 Å². The Balaban J connectivity index is 1.58. The summed E-state index contributed by atoms with van der Waals surface area (Å²) in [6, 6.07) is 10.5. The minimum absolute atomic E-state index is 0.204. The second kappa shape index (κ2) is 5.51. The van der Waals surface area contributed by atoms with Crippen LogP contribution in [0.5, 0.6) is 0 Å². The maximum absolute atomic E-state index is 10.8. The number of carbonyl (C=O) groups is 1. The van der Waals surface area contributed by atoms with Crippen LogP contribution in [0.3, 0.4) is 0 Å². The highest BCUT2D eigenvalue weighted by atomic mass is 16.4. The van der Waals surface area contributed by atoms with Gasteiger partial charge in [-0.3, -0.25) is 0 Å². The van der Waals surface area contributed by atoms with Crippen LogP contribution >= 0.6 is 0 Å². The summed E-state index contributed by atoms with van der Waals surface area (Å²) in [7, 11) is 0. The Labute approximate surface area is 117 Å². The topological polar surface area (TPSA) is 62.5 Å². The van der Waals surface area contributed by atoms with E-state index in [-0.39, 0.29) is 5.56 Å². The van der Waals surface area contributed by atoms with E-state index < -0.39 is 5.97 Å². The molecule has 4 nitrogen and oxygen atoms in total. The highest BCUT2D eigenvalue weighted by Gasteiger charge is 2.18. The van der Waals surface area contributed by atoms with Crippen molar-refractivity contribution in [2.75, 3.05) is 0 Å². The SMILES string of the molecule is O=C(O)c1coc(CNC2CCc3ccccc3C2)c1. The van der Waals surface area contributed by atoms with Gasteiger partial charge in [0, 0.05) is 6.04 Å². The molecule has 0 saturated carbocycles. The highest BCUT2D eigenvalue weighted by molar-refractivity contribution is 5.87. The maximum Gasteiger partial charge on any atom is 0.338 e. The van der Waals surface area contributed by atoms with Crippen LogP contribution in [0.25, 0.3) is 0 Å². The largest absolute Gasteiger partial charge is 0.478 e. The first-order valence-electron chi connectivity index (χ1n) is 6.83. The molecule has 1 aromatic carbocycles. The number of aryl methyl sites for hydroxylation is 1. The molecule has 20 heavy (non-hydrogen) atoms. The Morgan fingerprint density at radius 3 is 2.90 bits per heavy atom. The zero-order chi connectivity index (χ0) is 13.9. The summed E-state index contributed by atoms with van der Waals surface area (Å²) in [5, 5.41) is 12.3. The molecule has 104 valence electrons. The van der Waals surface area contributed by atoms with Crippen molar-refractivity contribution in [2.45, 2.75) is 31.8 Å². The van der Waals surface area contributed by atoms with Crippen LogP contribution in [0.15, 0.2) is 41.0 Å². The molecule has 1 unspecified atom stereocenters. The molecule has 0 spiro atoms. The number of furan rings is 1. The molecule has 0 fully saturated rings. The molecule has 1 atom stereocenters. The fourth-order valence-electron chi connectivity index (χ4n) is 2.70. The minimum atomic E-state index is -0.952. The summed E-state index contributed by atoms with van der Waals surface area (Å²) < 4.78 is 5.24. The third-order valence-corrected chi connectivity index (χ3v) is 3.81. The third kappa shape index (κ3) is 2.75. The summed E-state index contributed by atoms with van der Waals surface area (Å²) in [6.45, 7) is 0.570. The third-order valence-electron chi connectivity index (χ3n) is 3.81. The summed E-state index contributed by atoms with van der Waals surface area (Å²) >= 11 is 0. The molecule has 1 heterocycles. The normalized spacial score (nSPS) is 17.7. The molecule has 3 rings (SSSR count). The number of carboxylic acids is 1. The van der Waals surface area contributed by atoms with Gasteiger partial charge in [-0.25, -0.2) is 4.79 Å². The van der Waals surface area contributed by atoms with E-state index in [1.807, 2.05) is 0 Å². The zero-order valence-corrected chi connectivity index (χ0v) is 11.1. The van der Waals surface area contributed by atoms with Crippen molar-refractivity contribution in [3.05, 3.63) is 59.0 Å². The lowest BCUT2D eigenvalue weighted by molar-refractivity contribution is 0.0696. The Kier molecular flexibility index (Phi) is 3.56. The molecule has 0 bridgehead atoms. The van der Waals surface area contributed by atoms with Crippen molar-refractivity contribution in [2.24, 2.45) is 0 Å². The molecular weight excluding hydrogens is 254 g/mol. The van der Waals surface area contributed by atoms with Crippen molar-refractivity contribution in [1.29, 1.82) is 0 Å². The Morgan fingerprint density at radius 2 is 2.15 bits per heavy atom. The van der Waals surface area contributed by atoms with Gasteiger partial charge in [-0.05, 0) is 36.5 Å². The van der Waals surface area contributed by atoms with Crippen molar-refractivity contribution >= 4 is 5.97 Å². The standard InChI is InChI=1S/C16H17NO3/c18-16(19)13-8-15(20-10-13)9-17-14-6-5-11-3-1-2-4-12(11)7-14/h1-4,8,10,14,17H,5-7,9H2,(H,18,19). The van der Waals surface area contributed by atoms with Crippen LogP contribution in [-0.4, -0.2) is 17.1 Å². The molecule has 0 radical (unpaired) electrons. The average molecular weight is 271 g/mol. The van der Waals surface area contributed by atoms with Gasteiger partial charge < -0.3 is 14.8 Å². The average Bonchev–Trinajstić information content (AvgIpc) is 2.94. The molecule has 0 saturated heterocycles. The summed E-state index contributed by atoms with van der Waals surface area (Å²) in [5.74, 6) is -0.284. The first kappa shape index (κ1) is 12.9. The fraction of sp³-hybridized carbons (Fsp3) is 0.312. The van der Waals surface area contributed by atoms with Crippen LogP contribution in [0.1, 0.15) is 33.7 Å². The first-order chi connectivity index (χ1) is 9.72. The lowest BCUT2D eigenvalue weighted by Crippen LogP contribution is -2.33. The number of hydrogen-bond acceptors (Lipinski definition) is 3. The van der Waals surface area contributed by atoms with Crippen LogP contribution in [0.4, 0.5) is 0 Å². The van der Waals surface area contributed by atoms with Crippen LogP contribution in [-0.2, 0) is 19.4 Å². The van der Waals surface area contributed by atoms with Gasteiger partial charge in [-0.15, -0.1) is 0 Å². The summed E-state index contributed by atoms with van der Waals surface area (Å²) in [6.07, 6.45) is 4.49. The second-order valence-electron chi connectivity index (χ2n) is 5.20. The minimum Gasteiger partial charge on any atom is -0.478 e. The zero-order valence-electron chi connectivity index (χ0n) is 11.1. The van der Waals surface area contributed by atoms with Gasteiger partial charge in [-0.1, -0.05) is 24.3 Å². The fourth-order valence-corrected chi connectivity index (χ4v) is 2.70. The van der Waals surface area contributed by atoms with E-state index in [4.69, 9.17) is 9.52 Å². The van der Waals surface area contributed by atoms with Crippen molar-refractivity contribution < 1.29 is 14.3 Å². The van der Waals surface area contributed by atoms with Crippen molar-refractivity contribution in [3.63, 3.8) is 0 Å². The van der Waals surface area contributed by atoms with Gasteiger partial charge in [0.1, 0.15) is 12.0 Å². The molecule has 1 aliphatic rings. The number of rotatable bonds is 4. The molecule has 2 aromatic rings. The van der Waals surface area contributed by atoms with E-state index >= 15 is 0 Å². The van der Waals surface area contributed by atoms with Gasteiger partial charge in [0.2, 0.25) is 0 Å². The maximum atomic E-state index is 10.8. The van der Waals surface area contributed by atoms with Gasteiger partial charge in [-0.2, -0.15) is 0 Å². The number of nitrogens with one attached hydrogen (secondary N) is 1.